The average molecular weight is 470 g/mol. The predicted octanol–water partition coefficient (Wildman–Crippen LogP) is 2.65. The van der Waals surface area contributed by atoms with Crippen LogP contribution in [-0.4, -0.2) is 43.0 Å². The summed E-state index contributed by atoms with van der Waals surface area (Å²) in [5.74, 6) is -0.963. The number of aliphatic imine (C=N–C) groups is 1. The second-order valence-corrected chi connectivity index (χ2v) is 11.5. The van der Waals surface area contributed by atoms with E-state index in [1.54, 1.807) is 26.8 Å². The lowest BCUT2D eigenvalue weighted by Crippen LogP contribution is -2.57. The molecule has 3 N–H and O–H groups in total. The molecular weight excluding hydrogens is 445 g/mol. The van der Waals surface area contributed by atoms with Gasteiger partial charge in [-0.2, -0.15) is 5.26 Å². The van der Waals surface area contributed by atoms with Crippen LogP contribution in [0.25, 0.3) is 0 Å². The Hall–Kier alpha value is -3.39. The first kappa shape index (κ1) is 22.8. The van der Waals surface area contributed by atoms with Crippen molar-refractivity contribution < 1.29 is 13.4 Å². The number of hydrogen-bond acceptors (Lipinski definition) is 8. The van der Waals surface area contributed by atoms with Crippen LogP contribution < -0.4 is 11.1 Å². The number of halogens is 1. The van der Waals surface area contributed by atoms with Crippen molar-refractivity contribution in [3.8, 4) is 6.07 Å². The van der Waals surface area contributed by atoms with Crippen LogP contribution in [0, 0.1) is 24.1 Å². The monoisotopic (exact) mass is 469 g/mol. The van der Waals surface area contributed by atoms with Crippen molar-refractivity contribution in [1.82, 2.24) is 9.97 Å². The molecule has 4 heterocycles. The summed E-state index contributed by atoms with van der Waals surface area (Å²) < 4.78 is 32.3. The minimum absolute atomic E-state index is 0.0190. The van der Waals surface area contributed by atoms with Crippen LogP contribution in [0.2, 0.25) is 0 Å². The number of nitriles is 1. The molecule has 0 fully saturated rings. The van der Waals surface area contributed by atoms with Crippen LogP contribution in [-0.2, 0) is 15.3 Å². The number of fused-ring (bicyclic) bond motifs is 1. The Morgan fingerprint density at radius 1 is 1.36 bits per heavy atom. The first-order chi connectivity index (χ1) is 15.5. The maximum atomic E-state index is 14.9. The number of aryl methyl sites for hydroxylation is 1. The minimum Gasteiger partial charge on any atom is -0.386 e. The van der Waals surface area contributed by atoms with Crippen molar-refractivity contribution in [2.24, 2.45) is 15.1 Å². The van der Waals surface area contributed by atoms with Crippen LogP contribution in [0.5, 0.6) is 0 Å². The molecule has 33 heavy (non-hydrogen) atoms. The lowest BCUT2D eigenvalue weighted by atomic mass is 9.96. The first-order valence-electron chi connectivity index (χ1n) is 10.4. The van der Waals surface area contributed by atoms with Gasteiger partial charge in [-0.3, -0.25) is 9.79 Å². The fraction of sp³-hybridized carbons (Fsp3) is 0.409. The van der Waals surface area contributed by atoms with E-state index >= 15 is 0 Å². The van der Waals surface area contributed by atoms with Gasteiger partial charge < -0.3 is 11.1 Å². The molecule has 9 nitrogen and oxygen atoms in total. The number of nitrogens with one attached hydrogen (secondary N) is 1. The molecule has 2 aromatic rings. The van der Waals surface area contributed by atoms with Gasteiger partial charge in [0, 0.05) is 12.7 Å². The second kappa shape index (κ2) is 7.88. The number of aromatic nitrogens is 2. The van der Waals surface area contributed by atoms with Crippen molar-refractivity contribution in [2.75, 3.05) is 17.6 Å². The fourth-order valence-corrected chi connectivity index (χ4v) is 7.20. The maximum absolute atomic E-state index is 14.9. The number of carbonyl (C=O) groups is 1. The smallest absolute Gasteiger partial charge is 0.275 e. The normalized spacial score (nSPS) is 28.6. The van der Waals surface area contributed by atoms with Crippen molar-refractivity contribution in [3.05, 3.63) is 52.7 Å². The van der Waals surface area contributed by atoms with Gasteiger partial charge in [0.05, 0.1) is 21.0 Å². The van der Waals surface area contributed by atoms with E-state index in [4.69, 9.17) is 11.0 Å². The Kier molecular flexibility index (Phi) is 5.44. The van der Waals surface area contributed by atoms with Crippen LogP contribution in [0.3, 0.4) is 0 Å². The van der Waals surface area contributed by atoms with Crippen molar-refractivity contribution in [1.29, 1.82) is 5.26 Å². The molecule has 2 aromatic heterocycles. The largest absolute Gasteiger partial charge is 0.386 e. The molecule has 0 aliphatic carbocycles. The standard InChI is InChI=1S/C22H24FN7O2S/c1-13-9-14(10-24)11-26-17(13)19(31)29-16-6-5-15(23)18(28-16)21(2)12-33(32)22(3,20(25)30-21)7-4-8-27-33/h5-6,9,11H,4,7-8,12H2,1-3H3,(H2,25,30)(H,28,29,31)/t21-,22-,33+/m0/s1. The number of anilines is 1. The molecule has 0 bridgehead atoms. The highest BCUT2D eigenvalue weighted by atomic mass is 32.2. The molecule has 11 heteroatoms. The van der Waals surface area contributed by atoms with Crippen LogP contribution in [0.15, 0.2) is 33.8 Å². The van der Waals surface area contributed by atoms with Gasteiger partial charge in [0.15, 0.2) is 0 Å². The Morgan fingerprint density at radius 3 is 2.82 bits per heavy atom. The molecule has 4 rings (SSSR count). The van der Waals surface area contributed by atoms with Gasteiger partial charge >= 0.3 is 0 Å². The summed E-state index contributed by atoms with van der Waals surface area (Å²) in [5.41, 5.74) is 5.85. The van der Waals surface area contributed by atoms with Gasteiger partial charge in [-0.15, -0.1) is 0 Å². The van der Waals surface area contributed by atoms with Crippen molar-refractivity contribution >= 4 is 27.3 Å². The summed E-state index contributed by atoms with van der Waals surface area (Å²) in [6.07, 6.45) is 2.66. The summed E-state index contributed by atoms with van der Waals surface area (Å²) in [6, 6.07) is 6.01. The number of amides is 1. The van der Waals surface area contributed by atoms with E-state index in [0.29, 0.717) is 24.1 Å². The highest BCUT2D eigenvalue weighted by molar-refractivity contribution is 7.95. The molecule has 3 atom stereocenters. The van der Waals surface area contributed by atoms with Gasteiger partial charge in [-0.05, 0) is 57.4 Å². The summed E-state index contributed by atoms with van der Waals surface area (Å²) in [7, 11) is -2.81. The van der Waals surface area contributed by atoms with Gasteiger partial charge in [0.1, 0.15) is 45.2 Å². The van der Waals surface area contributed by atoms with E-state index in [1.807, 2.05) is 6.07 Å². The Labute approximate surface area is 191 Å². The molecule has 0 aromatic carbocycles. The van der Waals surface area contributed by atoms with E-state index in [-0.39, 0.29) is 28.8 Å². The molecule has 172 valence electrons. The number of rotatable bonds is 3. The van der Waals surface area contributed by atoms with E-state index in [1.165, 1.54) is 18.3 Å². The third kappa shape index (κ3) is 3.74. The van der Waals surface area contributed by atoms with Gasteiger partial charge in [-0.1, -0.05) is 0 Å². The summed E-state index contributed by atoms with van der Waals surface area (Å²) in [6.45, 7) is 5.54. The third-order valence-corrected chi connectivity index (χ3v) is 9.60. The summed E-state index contributed by atoms with van der Waals surface area (Å²) >= 11 is 0. The lowest BCUT2D eigenvalue weighted by molar-refractivity contribution is 0.102. The highest BCUT2D eigenvalue weighted by Crippen LogP contribution is 2.42. The zero-order valence-electron chi connectivity index (χ0n) is 18.6. The molecule has 1 amide bonds. The first-order valence-corrected chi connectivity index (χ1v) is 12.1. The van der Waals surface area contributed by atoms with E-state index in [0.717, 1.165) is 6.42 Å². The number of hydrogen-bond donors (Lipinski definition) is 2. The molecule has 0 spiro atoms. The third-order valence-electron chi connectivity index (χ3n) is 6.22. The van der Waals surface area contributed by atoms with Gasteiger partial charge in [0.25, 0.3) is 5.91 Å². The maximum Gasteiger partial charge on any atom is 0.275 e. The van der Waals surface area contributed by atoms with Crippen molar-refractivity contribution in [3.63, 3.8) is 0 Å². The lowest BCUT2D eigenvalue weighted by Gasteiger charge is -2.43. The Balaban J connectivity index is 1.70. The molecule has 0 saturated heterocycles. The zero-order valence-corrected chi connectivity index (χ0v) is 19.4. The zero-order chi connectivity index (χ0) is 24.0. The highest BCUT2D eigenvalue weighted by Gasteiger charge is 2.51. The summed E-state index contributed by atoms with van der Waals surface area (Å²) in [5, 5.41) is 11.6. The van der Waals surface area contributed by atoms with Crippen molar-refractivity contribution in [2.45, 2.75) is 43.9 Å². The van der Waals surface area contributed by atoms with E-state index < -0.39 is 31.7 Å². The van der Waals surface area contributed by atoms with Crippen LogP contribution in [0.1, 0.15) is 54.0 Å². The number of nitrogens with zero attached hydrogens (tertiary/aromatic N) is 5. The number of carbonyl (C=O) groups excluding carboxylic acids is 1. The minimum atomic E-state index is -2.81. The average Bonchev–Trinajstić information content (AvgIpc) is 2.76. The van der Waals surface area contributed by atoms with Gasteiger partial charge in [0.2, 0.25) is 0 Å². The molecular formula is C22H24FN7O2S. The Bertz CT molecular complexity index is 1360. The number of pyridine rings is 2. The number of amidine groups is 1. The van der Waals surface area contributed by atoms with Crippen LogP contribution in [0.4, 0.5) is 10.2 Å². The Morgan fingerprint density at radius 2 is 2.12 bits per heavy atom. The molecule has 2 aliphatic heterocycles. The predicted molar refractivity (Wildman–Crippen MR) is 123 cm³/mol. The van der Waals surface area contributed by atoms with Gasteiger partial charge in [-0.25, -0.2) is 22.9 Å². The SMILES string of the molecule is Cc1cc(C#N)cnc1C(=O)Nc1ccc(F)c([C@]2(C)C[S@]3(=O)=NCCC[C@@]3(C)C(N)=N2)n1. The molecule has 0 radical (unpaired) electrons. The molecule has 0 saturated carbocycles. The van der Waals surface area contributed by atoms with E-state index in [2.05, 4.69) is 24.6 Å². The quantitative estimate of drug-likeness (QED) is 0.706. The molecule has 0 unspecified atom stereocenters. The fourth-order valence-electron chi connectivity index (χ4n) is 4.28. The molecule has 2 aliphatic rings. The van der Waals surface area contributed by atoms with Crippen LogP contribution >= 0.6 is 0 Å². The topological polar surface area (TPSA) is 146 Å². The summed E-state index contributed by atoms with van der Waals surface area (Å²) in [4.78, 5) is 25.6. The van der Waals surface area contributed by atoms with E-state index in [9.17, 15) is 13.4 Å². The number of nitrogens with two attached hydrogens (primary N) is 1. The second-order valence-electron chi connectivity index (χ2n) is 8.73.